The number of rotatable bonds is 7. The molecule has 0 spiro atoms. The first-order valence-corrected chi connectivity index (χ1v) is 9.15. The van der Waals surface area contributed by atoms with Crippen molar-refractivity contribution in [3.05, 3.63) is 78.3 Å². The van der Waals surface area contributed by atoms with Gasteiger partial charge in [-0.3, -0.25) is 4.72 Å². The molecule has 0 amide bonds. The molecule has 0 aliphatic heterocycles. The summed E-state index contributed by atoms with van der Waals surface area (Å²) in [6, 6.07) is 15.7. The number of aromatic carboxylic acids is 1. The van der Waals surface area contributed by atoms with E-state index in [-0.39, 0.29) is 22.7 Å². The van der Waals surface area contributed by atoms with Crippen LogP contribution in [0.25, 0.3) is 0 Å². The van der Waals surface area contributed by atoms with Gasteiger partial charge in [0.1, 0.15) is 10.7 Å². The van der Waals surface area contributed by atoms with Crippen LogP contribution in [-0.2, 0) is 16.6 Å². The van der Waals surface area contributed by atoms with Crippen LogP contribution >= 0.6 is 0 Å². The van der Waals surface area contributed by atoms with Gasteiger partial charge in [-0.05, 0) is 42.5 Å². The van der Waals surface area contributed by atoms with Gasteiger partial charge in [-0.1, -0.05) is 18.2 Å². The molecule has 26 heavy (non-hydrogen) atoms. The monoisotopic (exact) mass is 372 g/mol. The van der Waals surface area contributed by atoms with E-state index in [0.29, 0.717) is 11.4 Å². The molecular weight excluding hydrogens is 356 g/mol. The summed E-state index contributed by atoms with van der Waals surface area (Å²) in [5.41, 5.74) is 0.530. The highest BCUT2D eigenvalue weighted by Crippen LogP contribution is 2.26. The predicted octanol–water partition coefficient (Wildman–Crippen LogP) is 3.39. The first kappa shape index (κ1) is 17.6. The quantitative estimate of drug-likeness (QED) is 0.587. The zero-order valence-corrected chi connectivity index (χ0v) is 14.4. The average molecular weight is 372 g/mol. The fourth-order valence-corrected chi connectivity index (χ4v) is 3.60. The second-order valence-electron chi connectivity index (χ2n) is 5.42. The highest BCUT2D eigenvalue weighted by atomic mass is 32.2. The molecule has 0 bridgehead atoms. The number of anilines is 2. The molecule has 0 aliphatic rings. The lowest BCUT2D eigenvalue weighted by Gasteiger charge is -2.14. The van der Waals surface area contributed by atoms with Crippen molar-refractivity contribution in [1.29, 1.82) is 0 Å². The molecule has 8 heteroatoms. The second-order valence-corrected chi connectivity index (χ2v) is 7.07. The number of carboxylic acids is 1. The highest BCUT2D eigenvalue weighted by Gasteiger charge is 2.21. The number of furan rings is 1. The van der Waals surface area contributed by atoms with Crippen molar-refractivity contribution in [3.8, 4) is 0 Å². The number of hydrogen-bond donors (Lipinski definition) is 3. The lowest BCUT2D eigenvalue weighted by Crippen LogP contribution is -2.16. The molecule has 134 valence electrons. The van der Waals surface area contributed by atoms with E-state index < -0.39 is 16.0 Å². The lowest BCUT2D eigenvalue weighted by molar-refractivity contribution is 0.0696. The molecule has 7 nitrogen and oxygen atoms in total. The van der Waals surface area contributed by atoms with Crippen LogP contribution in [0.1, 0.15) is 16.1 Å². The predicted molar refractivity (Wildman–Crippen MR) is 96.7 cm³/mol. The Labute approximate surface area is 150 Å². The van der Waals surface area contributed by atoms with E-state index >= 15 is 0 Å². The fourth-order valence-electron chi connectivity index (χ4n) is 2.34. The Kier molecular flexibility index (Phi) is 4.94. The van der Waals surface area contributed by atoms with Crippen molar-refractivity contribution in [3.63, 3.8) is 0 Å². The van der Waals surface area contributed by atoms with Gasteiger partial charge < -0.3 is 14.8 Å². The molecule has 0 fully saturated rings. The van der Waals surface area contributed by atoms with Crippen molar-refractivity contribution >= 4 is 27.4 Å². The summed E-state index contributed by atoms with van der Waals surface area (Å²) in [6.45, 7) is 0.257. The third-order valence-electron chi connectivity index (χ3n) is 3.58. The van der Waals surface area contributed by atoms with E-state index in [1.165, 1.54) is 18.4 Å². The van der Waals surface area contributed by atoms with Gasteiger partial charge in [0, 0.05) is 5.69 Å². The third kappa shape index (κ3) is 4.04. The minimum absolute atomic E-state index is 0.123. The van der Waals surface area contributed by atoms with Crippen molar-refractivity contribution in [2.75, 3.05) is 10.0 Å². The van der Waals surface area contributed by atoms with Gasteiger partial charge in [0.2, 0.25) is 0 Å². The molecule has 1 heterocycles. The lowest BCUT2D eigenvalue weighted by atomic mass is 10.2. The maximum Gasteiger partial charge on any atom is 0.335 e. The molecule has 0 radical (unpaired) electrons. The fraction of sp³-hybridized carbons (Fsp3) is 0.0556. The number of para-hydroxylation sites is 1. The Morgan fingerprint density at radius 3 is 2.46 bits per heavy atom. The molecule has 1 aromatic heterocycles. The van der Waals surface area contributed by atoms with Crippen LogP contribution in [0.2, 0.25) is 0 Å². The molecule has 0 saturated carbocycles. The van der Waals surface area contributed by atoms with E-state index in [9.17, 15) is 18.3 Å². The van der Waals surface area contributed by atoms with Crippen LogP contribution in [0, 0.1) is 0 Å². The summed E-state index contributed by atoms with van der Waals surface area (Å²) in [7, 11) is -4.00. The molecule has 3 rings (SSSR count). The van der Waals surface area contributed by atoms with Gasteiger partial charge in [-0.2, -0.15) is 0 Å². The van der Waals surface area contributed by atoms with E-state index in [1.54, 1.807) is 42.5 Å². The summed E-state index contributed by atoms with van der Waals surface area (Å²) < 4.78 is 33.2. The molecule has 3 N–H and O–H groups in total. The van der Waals surface area contributed by atoms with E-state index in [4.69, 9.17) is 4.42 Å². The average Bonchev–Trinajstić information content (AvgIpc) is 3.13. The van der Waals surface area contributed by atoms with Gasteiger partial charge in [-0.15, -0.1) is 0 Å². The van der Waals surface area contributed by atoms with Crippen LogP contribution in [0.5, 0.6) is 0 Å². The highest BCUT2D eigenvalue weighted by molar-refractivity contribution is 7.92. The minimum atomic E-state index is -4.00. The Hall–Kier alpha value is -3.26. The number of carboxylic acid groups (broad SMARTS) is 1. The normalized spacial score (nSPS) is 11.1. The molecule has 0 saturated heterocycles. The topological polar surface area (TPSA) is 109 Å². The van der Waals surface area contributed by atoms with E-state index in [0.717, 1.165) is 6.07 Å². The van der Waals surface area contributed by atoms with E-state index in [2.05, 4.69) is 10.0 Å². The molecule has 2 aromatic carbocycles. The Balaban J connectivity index is 1.95. The number of carbonyl (C=O) groups is 1. The van der Waals surface area contributed by atoms with Crippen LogP contribution < -0.4 is 10.0 Å². The Morgan fingerprint density at radius 1 is 1.04 bits per heavy atom. The van der Waals surface area contributed by atoms with Crippen LogP contribution in [0.15, 0.2) is 76.2 Å². The van der Waals surface area contributed by atoms with Gasteiger partial charge in [0.25, 0.3) is 10.0 Å². The zero-order chi connectivity index (χ0) is 18.6. The first-order chi connectivity index (χ1) is 12.5. The summed E-state index contributed by atoms with van der Waals surface area (Å²) >= 11 is 0. The smallest absolute Gasteiger partial charge is 0.335 e. The largest absolute Gasteiger partial charge is 0.478 e. The van der Waals surface area contributed by atoms with Crippen LogP contribution in [-0.4, -0.2) is 19.5 Å². The standard InChI is InChI=1S/C18H16N2O5S/c21-18(22)13-8-9-16(19-12-15-7-4-10-25-15)17(11-13)26(23,24)20-14-5-2-1-3-6-14/h1-11,19-20H,12H2,(H,21,22). The maximum atomic E-state index is 12.8. The Morgan fingerprint density at radius 2 is 1.81 bits per heavy atom. The van der Waals surface area contributed by atoms with Crippen molar-refractivity contribution in [2.45, 2.75) is 11.4 Å². The van der Waals surface area contributed by atoms with Crippen molar-refractivity contribution in [2.24, 2.45) is 0 Å². The zero-order valence-electron chi connectivity index (χ0n) is 13.5. The van der Waals surface area contributed by atoms with Gasteiger partial charge >= 0.3 is 5.97 Å². The van der Waals surface area contributed by atoms with Gasteiger partial charge in [0.15, 0.2) is 0 Å². The summed E-state index contributed by atoms with van der Waals surface area (Å²) in [5, 5.41) is 12.2. The number of nitrogens with one attached hydrogen (secondary N) is 2. The van der Waals surface area contributed by atoms with Gasteiger partial charge in [-0.25, -0.2) is 13.2 Å². The summed E-state index contributed by atoms with van der Waals surface area (Å²) in [6.07, 6.45) is 1.51. The number of hydrogen-bond acceptors (Lipinski definition) is 5. The molecule has 0 atom stereocenters. The first-order valence-electron chi connectivity index (χ1n) is 7.67. The molecular formula is C18H16N2O5S. The van der Waals surface area contributed by atoms with E-state index in [1.807, 2.05) is 0 Å². The second kappa shape index (κ2) is 7.32. The summed E-state index contributed by atoms with van der Waals surface area (Å²) in [5.74, 6) is -0.592. The number of sulfonamides is 1. The molecule has 0 unspecified atom stereocenters. The summed E-state index contributed by atoms with van der Waals surface area (Å²) in [4.78, 5) is 11.1. The van der Waals surface area contributed by atoms with Gasteiger partial charge in [0.05, 0.1) is 24.1 Å². The third-order valence-corrected chi connectivity index (χ3v) is 5.00. The Bertz CT molecular complexity index is 999. The molecule has 3 aromatic rings. The van der Waals surface area contributed by atoms with Crippen LogP contribution in [0.4, 0.5) is 11.4 Å². The van der Waals surface area contributed by atoms with Crippen molar-refractivity contribution < 1.29 is 22.7 Å². The van der Waals surface area contributed by atoms with Crippen LogP contribution in [0.3, 0.4) is 0 Å². The number of benzene rings is 2. The SMILES string of the molecule is O=C(O)c1ccc(NCc2ccco2)c(S(=O)(=O)Nc2ccccc2)c1. The molecule has 0 aliphatic carbocycles. The minimum Gasteiger partial charge on any atom is -0.478 e. The van der Waals surface area contributed by atoms with Crippen molar-refractivity contribution in [1.82, 2.24) is 0 Å². The maximum absolute atomic E-state index is 12.8.